The Hall–Kier alpha value is -1.80. The molecule has 3 rings (SSSR count). The summed E-state index contributed by atoms with van der Waals surface area (Å²) in [6, 6.07) is 13.4. The molecule has 0 atom stereocenters. The van der Waals surface area contributed by atoms with Crippen LogP contribution in [0.5, 0.6) is 0 Å². The topological polar surface area (TPSA) is 15.3 Å². The van der Waals surface area contributed by atoms with Gasteiger partial charge in [-0.1, -0.05) is 30.3 Å². The van der Waals surface area contributed by atoms with Gasteiger partial charge in [-0.2, -0.15) is 0 Å². The van der Waals surface area contributed by atoms with Crippen LogP contribution in [0.4, 0.5) is 5.69 Å². The van der Waals surface area contributed by atoms with Crippen molar-refractivity contribution in [1.82, 2.24) is 5.32 Å². The van der Waals surface area contributed by atoms with Crippen LogP contribution in [0.3, 0.4) is 0 Å². The fraction of sp³-hybridized carbons (Fsp3) is 0.368. The standard InChI is InChI=1S/C19H24N2/c1-14-10-16(3)18(11-15(14)2)13-21-9-8-20-12-17-6-4-5-7-19(17)21/h4-7,10-11,20H,8-9,12-13H2,1-3H3. The van der Waals surface area contributed by atoms with Crippen LogP contribution in [0.15, 0.2) is 36.4 Å². The number of fused-ring (bicyclic) bond motifs is 1. The Morgan fingerprint density at radius 2 is 1.76 bits per heavy atom. The average Bonchev–Trinajstić information content (AvgIpc) is 2.67. The Morgan fingerprint density at radius 1 is 1.00 bits per heavy atom. The maximum absolute atomic E-state index is 3.51. The van der Waals surface area contributed by atoms with Crippen molar-refractivity contribution in [2.45, 2.75) is 33.9 Å². The molecule has 0 saturated carbocycles. The second-order valence-electron chi connectivity index (χ2n) is 6.09. The van der Waals surface area contributed by atoms with Crippen LogP contribution in [-0.2, 0) is 13.1 Å². The van der Waals surface area contributed by atoms with E-state index in [2.05, 4.69) is 67.4 Å². The van der Waals surface area contributed by atoms with Crippen LogP contribution in [0.1, 0.15) is 27.8 Å². The highest BCUT2D eigenvalue weighted by atomic mass is 15.2. The van der Waals surface area contributed by atoms with Crippen LogP contribution in [-0.4, -0.2) is 13.1 Å². The lowest BCUT2D eigenvalue weighted by Gasteiger charge is -2.26. The Bertz CT molecular complexity index is 646. The number of benzene rings is 2. The highest BCUT2D eigenvalue weighted by molar-refractivity contribution is 5.55. The first-order valence-corrected chi connectivity index (χ1v) is 7.75. The van der Waals surface area contributed by atoms with Gasteiger partial charge in [-0.15, -0.1) is 0 Å². The second-order valence-corrected chi connectivity index (χ2v) is 6.09. The molecule has 0 spiro atoms. The monoisotopic (exact) mass is 280 g/mol. The zero-order valence-electron chi connectivity index (χ0n) is 13.2. The summed E-state index contributed by atoms with van der Waals surface area (Å²) >= 11 is 0. The number of hydrogen-bond acceptors (Lipinski definition) is 2. The normalized spacial score (nSPS) is 14.7. The molecule has 0 aromatic heterocycles. The van der Waals surface area contributed by atoms with Crippen molar-refractivity contribution in [3.8, 4) is 0 Å². The molecule has 2 aromatic carbocycles. The van der Waals surface area contributed by atoms with Gasteiger partial charge in [-0.05, 0) is 54.7 Å². The van der Waals surface area contributed by atoms with E-state index in [4.69, 9.17) is 0 Å². The smallest absolute Gasteiger partial charge is 0.0432 e. The molecule has 1 aliphatic rings. The molecule has 0 aliphatic carbocycles. The molecule has 2 aromatic rings. The van der Waals surface area contributed by atoms with Gasteiger partial charge >= 0.3 is 0 Å². The van der Waals surface area contributed by atoms with E-state index in [1.54, 1.807) is 0 Å². The second kappa shape index (κ2) is 5.90. The van der Waals surface area contributed by atoms with E-state index in [0.717, 1.165) is 26.2 Å². The minimum Gasteiger partial charge on any atom is -0.366 e. The van der Waals surface area contributed by atoms with E-state index < -0.39 is 0 Å². The first-order valence-electron chi connectivity index (χ1n) is 7.75. The molecular weight excluding hydrogens is 256 g/mol. The molecule has 2 heteroatoms. The predicted octanol–water partition coefficient (Wildman–Crippen LogP) is 3.72. The van der Waals surface area contributed by atoms with Crippen molar-refractivity contribution < 1.29 is 0 Å². The van der Waals surface area contributed by atoms with Gasteiger partial charge in [-0.25, -0.2) is 0 Å². The average molecular weight is 280 g/mol. The van der Waals surface area contributed by atoms with E-state index in [1.807, 2.05) is 0 Å². The van der Waals surface area contributed by atoms with E-state index in [0.29, 0.717) is 0 Å². The number of nitrogens with zero attached hydrogens (tertiary/aromatic N) is 1. The van der Waals surface area contributed by atoms with Gasteiger partial charge in [0.05, 0.1) is 0 Å². The summed E-state index contributed by atoms with van der Waals surface area (Å²) in [4.78, 5) is 2.51. The van der Waals surface area contributed by atoms with E-state index >= 15 is 0 Å². The molecule has 1 heterocycles. The first-order chi connectivity index (χ1) is 10.1. The lowest BCUT2D eigenvalue weighted by atomic mass is 10.00. The molecule has 0 radical (unpaired) electrons. The van der Waals surface area contributed by atoms with Crippen molar-refractivity contribution in [2.75, 3.05) is 18.0 Å². The molecular formula is C19H24N2. The number of anilines is 1. The molecule has 2 nitrogen and oxygen atoms in total. The van der Waals surface area contributed by atoms with E-state index in [1.165, 1.54) is 33.5 Å². The Kier molecular flexibility index (Phi) is 3.98. The third kappa shape index (κ3) is 2.96. The van der Waals surface area contributed by atoms with Crippen LogP contribution in [0, 0.1) is 20.8 Å². The van der Waals surface area contributed by atoms with Crippen LogP contribution in [0.25, 0.3) is 0 Å². The van der Waals surface area contributed by atoms with Gasteiger partial charge in [0.2, 0.25) is 0 Å². The number of rotatable bonds is 2. The zero-order chi connectivity index (χ0) is 14.8. The molecule has 0 amide bonds. The van der Waals surface area contributed by atoms with Crippen LogP contribution < -0.4 is 10.2 Å². The first kappa shape index (κ1) is 14.2. The summed E-state index contributed by atoms with van der Waals surface area (Å²) in [5.74, 6) is 0. The minimum atomic E-state index is 0.971. The Balaban J connectivity index is 1.93. The lowest BCUT2D eigenvalue weighted by Crippen LogP contribution is -2.28. The highest BCUT2D eigenvalue weighted by Crippen LogP contribution is 2.25. The summed E-state index contributed by atoms with van der Waals surface area (Å²) < 4.78 is 0. The third-order valence-electron chi connectivity index (χ3n) is 4.52. The number of aryl methyl sites for hydroxylation is 3. The molecule has 1 N–H and O–H groups in total. The minimum absolute atomic E-state index is 0.971. The van der Waals surface area contributed by atoms with Crippen molar-refractivity contribution in [3.63, 3.8) is 0 Å². The maximum atomic E-state index is 3.51. The van der Waals surface area contributed by atoms with Gasteiger partial charge in [0.25, 0.3) is 0 Å². The summed E-state index contributed by atoms with van der Waals surface area (Å²) in [6.45, 7) is 10.7. The van der Waals surface area contributed by atoms with Crippen LogP contribution >= 0.6 is 0 Å². The molecule has 1 aliphatic heterocycles. The summed E-state index contributed by atoms with van der Waals surface area (Å²) in [6.07, 6.45) is 0. The van der Waals surface area contributed by atoms with Gasteiger partial charge < -0.3 is 10.2 Å². The lowest BCUT2D eigenvalue weighted by molar-refractivity contribution is 0.687. The van der Waals surface area contributed by atoms with Crippen molar-refractivity contribution in [3.05, 3.63) is 64.2 Å². The highest BCUT2D eigenvalue weighted by Gasteiger charge is 2.15. The van der Waals surface area contributed by atoms with Crippen molar-refractivity contribution >= 4 is 5.69 Å². The molecule has 0 fully saturated rings. The summed E-state index contributed by atoms with van der Waals surface area (Å²) in [5.41, 5.74) is 8.38. The van der Waals surface area contributed by atoms with E-state index in [-0.39, 0.29) is 0 Å². The summed E-state index contributed by atoms with van der Waals surface area (Å²) in [5, 5.41) is 3.51. The van der Waals surface area contributed by atoms with Crippen molar-refractivity contribution in [2.24, 2.45) is 0 Å². The quantitative estimate of drug-likeness (QED) is 0.902. The van der Waals surface area contributed by atoms with Crippen molar-refractivity contribution in [1.29, 1.82) is 0 Å². The predicted molar refractivity (Wildman–Crippen MR) is 89.9 cm³/mol. The fourth-order valence-corrected chi connectivity index (χ4v) is 3.09. The molecule has 21 heavy (non-hydrogen) atoms. The third-order valence-corrected chi connectivity index (χ3v) is 4.52. The molecule has 0 bridgehead atoms. The number of nitrogens with one attached hydrogen (secondary N) is 1. The van der Waals surface area contributed by atoms with Crippen LogP contribution in [0.2, 0.25) is 0 Å². The fourth-order valence-electron chi connectivity index (χ4n) is 3.09. The van der Waals surface area contributed by atoms with Gasteiger partial charge in [0.1, 0.15) is 0 Å². The van der Waals surface area contributed by atoms with E-state index in [9.17, 15) is 0 Å². The zero-order valence-corrected chi connectivity index (χ0v) is 13.2. The molecule has 0 saturated heterocycles. The molecule has 110 valence electrons. The van der Waals surface area contributed by atoms with Gasteiger partial charge in [0.15, 0.2) is 0 Å². The Labute approximate surface area is 127 Å². The summed E-state index contributed by atoms with van der Waals surface area (Å²) in [7, 11) is 0. The SMILES string of the molecule is Cc1cc(C)c(CN2CCNCc3ccccc32)cc1C. The largest absolute Gasteiger partial charge is 0.366 e. The Morgan fingerprint density at radius 3 is 2.62 bits per heavy atom. The van der Waals surface area contributed by atoms with Gasteiger partial charge in [-0.3, -0.25) is 0 Å². The molecule has 0 unspecified atom stereocenters. The number of hydrogen-bond donors (Lipinski definition) is 1. The van der Waals surface area contributed by atoms with Gasteiger partial charge in [0, 0.05) is 31.9 Å². The number of para-hydroxylation sites is 1. The maximum Gasteiger partial charge on any atom is 0.0432 e.